The second kappa shape index (κ2) is 5.12. The Morgan fingerprint density at radius 1 is 1.35 bits per heavy atom. The van der Waals surface area contributed by atoms with Crippen LogP contribution in [-0.4, -0.2) is 17.7 Å². The van der Waals surface area contributed by atoms with E-state index in [0.717, 1.165) is 18.6 Å². The van der Waals surface area contributed by atoms with Gasteiger partial charge in [-0.1, -0.05) is 38.5 Å². The molecule has 110 valence electrons. The topological polar surface area (TPSA) is 46.5 Å². The van der Waals surface area contributed by atoms with Crippen molar-refractivity contribution in [1.82, 2.24) is 0 Å². The lowest BCUT2D eigenvalue weighted by molar-refractivity contribution is -0.138. The van der Waals surface area contributed by atoms with Gasteiger partial charge in [-0.05, 0) is 36.8 Å². The highest BCUT2D eigenvalue weighted by atomic mass is 16.5. The van der Waals surface area contributed by atoms with E-state index in [2.05, 4.69) is 33.8 Å². The van der Waals surface area contributed by atoms with Gasteiger partial charge in [-0.25, -0.2) is 0 Å². The van der Waals surface area contributed by atoms with Crippen molar-refractivity contribution in [2.45, 2.75) is 52.4 Å². The van der Waals surface area contributed by atoms with Crippen molar-refractivity contribution >= 4 is 5.97 Å². The van der Waals surface area contributed by atoms with E-state index in [4.69, 9.17) is 9.84 Å². The van der Waals surface area contributed by atoms with Gasteiger partial charge in [0.15, 0.2) is 0 Å². The maximum atomic E-state index is 10.9. The summed E-state index contributed by atoms with van der Waals surface area (Å²) in [7, 11) is 0. The first-order valence-electron chi connectivity index (χ1n) is 7.18. The van der Waals surface area contributed by atoms with Gasteiger partial charge in [-0.3, -0.25) is 4.79 Å². The number of aryl methyl sites for hydroxylation is 1. The third-order valence-corrected chi connectivity index (χ3v) is 3.96. The number of hydrogen-bond donors (Lipinski definition) is 1. The molecule has 1 N–H and O–H groups in total. The summed E-state index contributed by atoms with van der Waals surface area (Å²) in [5.41, 5.74) is 2.29. The average Bonchev–Trinajstić information content (AvgIpc) is 3.05. The van der Waals surface area contributed by atoms with Crippen molar-refractivity contribution in [3.8, 4) is 5.75 Å². The predicted octanol–water partition coefficient (Wildman–Crippen LogP) is 3.93. The van der Waals surface area contributed by atoms with Gasteiger partial charge in [0, 0.05) is 5.41 Å². The number of rotatable bonds is 5. The summed E-state index contributed by atoms with van der Waals surface area (Å²) in [6.07, 6.45) is 2.12. The summed E-state index contributed by atoms with van der Waals surface area (Å²) in [6, 6.07) is 6.21. The highest BCUT2D eigenvalue weighted by molar-refractivity contribution is 5.68. The van der Waals surface area contributed by atoms with Gasteiger partial charge < -0.3 is 9.84 Å². The number of benzene rings is 1. The molecule has 1 fully saturated rings. The molecule has 2 rings (SSSR count). The summed E-state index contributed by atoms with van der Waals surface area (Å²) in [5.74, 6) is 0.158. The molecular formula is C17H24O3. The van der Waals surface area contributed by atoms with Gasteiger partial charge in [0.2, 0.25) is 0 Å². The molecule has 1 aromatic carbocycles. The Kier molecular flexibility index (Phi) is 3.81. The monoisotopic (exact) mass is 276 g/mol. The Labute approximate surface area is 121 Å². The van der Waals surface area contributed by atoms with Crippen molar-refractivity contribution in [2.75, 3.05) is 6.61 Å². The van der Waals surface area contributed by atoms with Crippen LogP contribution in [0.3, 0.4) is 0 Å². The van der Waals surface area contributed by atoms with Gasteiger partial charge in [0.05, 0.1) is 13.0 Å². The van der Waals surface area contributed by atoms with Gasteiger partial charge in [-0.15, -0.1) is 0 Å². The second-order valence-electron chi connectivity index (χ2n) is 7.11. The molecule has 0 radical (unpaired) electrons. The van der Waals surface area contributed by atoms with Crippen LogP contribution in [0.5, 0.6) is 5.75 Å². The molecule has 1 aliphatic rings. The molecule has 0 amide bonds. The molecule has 0 spiro atoms. The Morgan fingerprint density at radius 2 is 2.00 bits per heavy atom. The zero-order chi connectivity index (χ0) is 15.0. The van der Waals surface area contributed by atoms with E-state index in [0.29, 0.717) is 6.61 Å². The van der Waals surface area contributed by atoms with Crippen LogP contribution in [0.4, 0.5) is 0 Å². The SMILES string of the molecule is Cc1ccc(OCC2(CC(=O)O)CC2)c(C(C)(C)C)c1. The van der Waals surface area contributed by atoms with Crippen molar-refractivity contribution in [2.24, 2.45) is 5.41 Å². The zero-order valence-electron chi connectivity index (χ0n) is 12.8. The zero-order valence-corrected chi connectivity index (χ0v) is 12.8. The summed E-state index contributed by atoms with van der Waals surface area (Å²) < 4.78 is 5.98. The lowest BCUT2D eigenvalue weighted by Gasteiger charge is -2.24. The largest absolute Gasteiger partial charge is 0.493 e. The van der Waals surface area contributed by atoms with Gasteiger partial charge in [-0.2, -0.15) is 0 Å². The highest BCUT2D eigenvalue weighted by Gasteiger charge is 2.45. The number of hydrogen-bond acceptors (Lipinski definition) is 2. The van der Waals surface area contributed by atoms with Crippen LogP contribution >= 0.6 is 0 Å². The summed E-state index contributed by atoms with van der Waals surface area (Å²) in [6.45, 7) is 9.08. The van der Waals surface area contributed by atoms with E-state index < -0.39 is 5.97 Å². The molecule has 0 bridgehead atoms. The number of ether oxygens (including phenoxy) is 1. The molecule has 0 heterocycles. The van der Waals surface area contributed by atoms with Crippen LogP contribution in [0.2, 0.25) is 0 Å². The molecule has 0 atom stereocenters. The molecule has 0 aliphatic heterocycles. The molecular weight excluding hydrogens is 252 g/mol. The number of aliphatic carboxylic acids is 1. The van der Waals surface area contributed by atoms with Crippen molar-refractivity contribution in [3.63, 3.8) is 0 Å². The predicted molar refractivity (Wildman–Crippen MR) is 79.3 cm³/mol. The molecule has 1 aliphatic carbocycles. The van der Waals surface area contributed by atoms with Crippen LogP contribution < -0.4 is 4.74 Å². The third-order valence-electron chi connectivity index (χ3n) is 3.96. The lowest BCUT2D eigenvalue weighted by atomic mass is 9.85. The standard InChI is InChI=1S/C17H24O3/c1-12-5-6-14(13(9-12)16(2,3)4)20-11-17(7-8-17)10-15(18)19/h5-6,9H,7-8,10-11H2,1-4H3,(H,18,19). The molecule has 0 unspecified atom stereocenters. The van der Waals surface area contributed by atoms with E-state index in [-0.39, 0.29) is 17.3 Å². The first kappa shape index (κ1) is 14.9. The fraction of sp³-hybridized carbons (Fsp3) is 0.588. The summed E-state index contributed by atoms with van der Waals surface area (Å²) in [4.78, 5) is 10.9. The van der Waals surface area contributed by atoms with E-state index in [9.17, 15) is 4.79 Å². The molecule has 3 nitrogen and oxygen atoms in total. The Balaban J connectivity index is 2.12. The summed E-state index contributed by atoms with van der Waals surface area (Å²) >= 11 is 0. The van der Waals surface area contributed by atoms with Crippen LogP contribution in [0, 0.1) is 12.3 Å². The Hall–Kier alpha value is -1.51. The molecule has 0 saturated heterocycles. The van der Waals surface area contributed by atoms with Crippen molar-refractivity contribution in [1.29, 1.82) is 0 Å². The molecule has 3 heteroatoms. The van der Waals surface area contributed by atoms with Crippen LogP contribution in [0.25, 0.3) is 0 Å². The lowest BCUT2D eigenvalue weighted by Crippen LogP contribution is -2.20. The Bertz CT molecular complexity index is 507. The molecule has 1 saturated carbocycles. The van der Waals surface area contributed by atoms with E-state index in [1.165, 1.54) is 11.1 Å². The van der Waals surface area contributed by atoms with Crippen LogP contribution in [0.1, 0.15) is 51.2 Å². The highest BCUT2D eigenvalue weighted by Crippen LogP contribution is 2.49. The quantitative estimate of drug-likeness (QED) is 0.886. The van der Waals surface area contributed by atoms with Crippen molar-refractivity contribution in [3.05, 3.63) is 29.3 Å². The maximum absolute atomic E-state index is 10.9. The Morgan fingerprint density at radius 3 is 2.50 bits per heavy atom. The van der Waals surface area contributed by atoms with Crippen molar-refractivity contribution < 1.29 is 14.6 Å². The van der Waals surface area contributed by atoms with Gasteiger partial charge in [0.25, 0.3) is 0 Å². The first-order valence-corrected chi connectivity index (χ1v) is 7.18. The van der Waals surface area contributed by atoms with E-state index in [1.54, 1.807) is 0 Å². The van der Waals surface area contributed by atoms with Crippen LogP contribution in [0.15, 0.2) is 18.2 Å². The molecule has 1 aromatic rings. The smallest absolute Gasteiger partial charge is 0.304 e. The minimum absolute atomic E-state index is 0.0187. The van der Waals surface area contributed by atoms with E-state index >= 15 is 0 Å². The minimum atomic E-state index is -0.731. The summed E-state index contributed by atoms with van der Waals surface area (Å²) in [5, 5.41) is 8.95. The molecule has 0 aromatic heterocycles. The van der Waals surface area contributed by atoms with Gasteiger partial charge >= 0.3 is 5.97 Å². The number of carbonyl (C=O) groups is 1. The fourth-order valence-electron chi connectivity index (χ4n) is 2.46. The fourth-order valence-corrected chi connectivity index (χ4v) is 2.46. The van der Waals surface area contributed by atoms with E-state index in [1.807, 2.05) is 12.1 Å². The first-order chi connectivity index (χ1) is 9.22. The second-order valence-corrected chi connectivity index (χ2v) is 7.11. The average molecular weight is 276 g/mol. The normalized spacial score (nSPS) is 16.8. The third kappa shape index (κ3) is 3.53. The number of carboxylic acids is 1. The van der Waals surface area contributed by atoms with Gasteiger partial charge in [0.1, 0.15) is 5.75 Å². The number of carboxylic acid groups (broad SMARTS) is 1. The molecule has 20 heavy (non-hydrogen) atoms. The minimum Gasteiger partial charge on any atom is -0.493 e. The van der Waals surface area contributed by atoms with Crippen LogP contribution in [-0.2, 0) is 10.2 Å². The maximum Gasteiger partial charge on any atom is 0.304 e.